The predicted molar refractivity (Wildman–Crippen MR) is 333 cm³/mol. The molecule has 6 heteroatoms. The molecule has 0 aromatic carbocycles. The van der Waals surface area contributed by atoms with Crippen LogP contribution < -0.4 is 5.32 Å². The summed E-state index contributed by atoms with van der Waals surface area (Å²) in [5, 5.41) is 23.3. The number of aliphatic hydroxyl groups is 2. The van der Waals surface area contributed by atoms with Crippen LogP contribution in [0.15, 0.2) is 24.3 Å². The van der Waals surface area contributed by atoms with Gasteiger partial charge in [0.1, 0.15) is 0 Å². The molecule has 0 heterocycles. The highest BCUT2D eigenvalue weighted by Gasteiger charge is 2.18. The smallest absolute Gasteiger partial charge is 0.305 e. The second-order valence-corrected chi connectivity index (χ2v) is 23.9. The first kappa shape index (κ1) is 74.3. The molecule has 0 aliphatic rings. The third kappa shape index (κ3) is 61.6. The Bertz CT molecular complexity index is 1190. The number of ether oxygens (including phenoxy) is 1. The maximum Gasteiger partial charge on any atom is 0.305 e. The fourth-order valence-corrected chi connectivity index (χ4v) is 10.9. The van der Waals surface area contributed by atoms with Gasteiger partial charge in [-0.25, -0.2) is 0 Å². The van der Waals surface area contributed by atoms with Crippen LogP contribution >= 0.6 is 0 Å². The Morgan fingerprint density at radius 1 is 0.355 bits per heavy atom. The van der Waals surface area contributed by atoms with Crippen molar-refractivity contribution in [2.24, 2.45) is 0 Å². The number of allylic oxidation sites excluding steroid dienone is 3. The zero-order valence-electron chi connectivity index (χ0n) is 51.5. The number of unbranched alkanes of at least 4 members (excludes halogenated alkanes) is 52. The quantitative estimate of drug-likeness (QED) is 0.0320. The predicted octanol–water partition coefficient (Wildman–Crippen LogP) is 22.1. The van der Waals surface area contributed by atoms with Crippen LogP contribution in [0.5, 0.6) is 0 Å². The first-order chi connectivity index (χ1) is 37.5. The van der Waals surface area contributed by atoms with E-state index in [2.05, 4.69) is 31.3 Å². The summed E-state index contributed by atoms with van der Waals surface area (Å²) in [5.41, 5.74) is 0. The largest absolute Gasteiger partial charge is 0.466 e. The molecule has 450 valence electrons. The molecule has 0 aromatic rings. The first-order valence-corrected chi connectivity index (χ1v) is 34.6. The normalized spacial score (nSPS) is 12.6. The average molecular weight is 1070 g/mol. The van der Waals surface area contributed by atoms with Gasteiger partial charge < -0.3 is 20.3 Å². The number of rotatable bonds is 65. The number of carbonyl (C=O) groups is 2. The topological polar surface area (TPSA) is 95.9 Å². The van der Waals surface area contributed by atoms with Crippen molar-refractivity contribution in [2.45, 2.75) is 398 Å². The average Bonchev–Trinajstić information content (AvgIpc) is 3.42. The number of nitrogens with one attached hydrogen (secondary N) is 1. The lowest BCUT2D eigenvalue weighted by molar-refractivity contribution is -0.143. The van der Waals surface area contributed by atoms with Crippen molar-refractivity contribution in [1.82, 2.24) is 5.32 Å². The van der Waals surface area contributed by atoms with E-state index in [4.69, 9.17) is 4.74 Å². The minimum atomic E-state index is -0.847. The Labute approximate surface area is 475 Å². The third-order valence-electron chi connectivity index (χ3n) is 16.2. The number of esters is 1. The fourth-order valence-electron chi connectivity index (χ4n) is 10.9. The molecule has 6 nitrogen and oxygen atoms in total. The minimum Gasteiger partial charge on any atom is -0.466 e. The first-order valence-electron chi connectivity index (χ1n) is 34.6. The molecule has 76 heavy (non-hydrogen) atoms. The molecule has 1 amide bonds. The summed E-state index contributed by atoms with van der Waals surface area (Å²) in [6, 6.07) is -0.631. The van der Waals surface area contributed by atoms with Crippen molar-refractivity contribution in [3.05, 3.63) is 24.3 Å². The summed E-state index contributed by atoms with van der Waals surface area (Å²) < 4.78 is 5.49. The fraction of sp³-hybridized carbons (Fsp3) is 0.914. The Morgan fingerprint density at radius 3 is 0.934 bits per heavy atom. The van der Waals surface area contributed by atoms with Gasteiger partial charge in [0.15, 0.2) is 0 Å². The van der Waals surface area contributed by atoms with Crippen LogP contribution in [-0.4, -0.2) is 47.4 Å². The van der Waals surface area contributed by atoms with Gasteiger partial charge in [0.25, 0.3) is 0 Å². The summed E-state index contributed by atoms with van der Waals surface area (Å²) >= 11 is 0. The maximum absolute atomic E-state index is 12.5. The SMILES string of the molecule is CCCCCCCCC/C=C\CCCCCCCC(=O)OCCCCCCCCCCCCCCCCCCCCCCC(=O)NC(CO)C(O)/C=C/CCCCCCCCCCCCCCCCCCCCCCC. The molecule has 0 bridgehead atoms. The van der Waals surface area contributed by atoms with Crippen LogP contribution in [0.25, 0.3) is 0 Å². The molecule has 0 rings (SSSR count). The molecule has 0 spiro atoms. The number of hydrogen-bond donors (Lipinski definition) is 3. The summed E-state index contributed by atoms with van der Waals surface area (Å²) in [6.45, 7) is 4.93. The van der Waals surface area contributed by atoms with E-state index >= 15 is 0 Å². The number of aliphatic hydroxyl groups excluding tert-OH is 2. The van der Waals surface area contributed by atoms with Crippen LogP contribution in [0.2, 0.25) is 0 Å². The Kier molecular flexibility index (Phi) is 64.4. The van der Waals surface area contributed by atoms with Crippen LogP contribution in [0.1, 0.15) is 386 Å². The second kappa shape index (κ2) is 65.9. The molecular formula is C70H135NO5. The van der Waals surface area contributed by atoms with Gasteiger partial charge in [-0.05, 0) is 57.8 Å². The number of hydrogen-bond acceptors (Lipinski definition) is 5. The van der Waals surface area contributed by atoms with Gasteiger partial charge in [0.05, 0.1) is 25.4 Å². The number of carbonyl (C=O) groups excluding carboxylic acids is 2. The molecule has 0 fully saturated rings. The maximum atomic E-state index is 12.5. The van der Waals surface area contributed by atoms with Crippen LogP contribution in [0, 0.1) is 0 Å². The van der Waals surface area contributed by atoms with Crippen molar-refractivity contribution < 1.29 is 24.5 Å². The van der Waals surface area contributed by atoms with Gasteiger partial charge in [-0.15, -0.1) is 0 Å². The van der Waals surface area contributed by atoms with Gasteiger partial charge in [0.2, 0.25) is 5.91 Å². The molecule has 0 radical (unpaired) electrons. The molecule has 2 unspecified atom stereocenters. The zero-order chi connectivity index (χ0) is 55.0. The van der Waals surface area contributed by atoms with Gasteiger partial charge >= 0.3 is 5.97 Å². The second-order valence-electron chi connectivity index (χ2n) is 23.9. The van der Waals surface area contributed by atoms with Crippen molar-refractivity contribution in [1.29, 1.82) is 0 Å². The van der Waals surface area contributed by atoms with E-state index in [-0.39, 0.29) is 18.5 Å². The highest BCUT2D eigenvalue weighted by atomic mass is 16.5. The molecule has 0 saturated carbocycles. The van der Waals surface area contributed by atoms with Crippen molar-refractivity contribution in [3.8, 4) is 0 Å². The third-order valence-corrected chi connectivity index (χ3v) is 16.2. The van der Waals surface area contributed by atoms with Gasteiger partial charge in [-0.3, -0.25) is 9.59 Å². The molecule has 0 saturated heterocycles. The van der Waals surface area contributed by atoms with E-state index in [0.717, 1.165) is 44.9 Å². The van der Waals surface area contributed by atoms with Crippen molar-refractivity contribution >= 4 is 11.9 Å². The Hall–Kier alpha value is -1.66. The van der Waals surface area contributed by atoms with Crippen molar-refractivity contribution in [3.63, 3.8) is 0 Å². The van der Waals surface area contributed by atoms with E-state index < -0.39 is 12.1 Å². The molecule has 0 aliphatic carbocycles. The van der Waals surface area contributed by atoms with Crippen molar-refractivity contribution in [2.75, 3.05) is 13.2 Å². The monoisotopic (exact) mass is 1070 g/mol. The summed E-state index contributed by atoms with van der Waals surface area (Å²) in [5.74, 6) is -0.0623. The summed E-state index contributed by atoms with van der Waals surface area (Å²) in [4.78, 5) is 24.6. The lowest BCUT2D eigenvalue weighted by atomic mass is 10.0. The Morgan fingerprint density at radius 2 is 0.618 bits per heavy atom. The molecule has 0 aromatic heterocycles. The zero-order valence-corrected chi connectivity index (χ0v) is 51.5. The van der Waals surface area contributed by atoms with Gasteiger partial charge in [-0.2, -0.15) is 0 Å². The molecular weight excluding hydrogens is 935 g/mol. The lowest BCUT2D eigenvalue weighted by Gasteiger charge is -2.20. The van der Waals surface area contributed by atoms with E-state index in [9.17, 15) is 19.8 Å². The van der Waals surface area contributed by atoms with Gasteiger partial charge in [-0.1, -0.05) is 340 Å². The van der Waals surface area contributed by atoms with Crippen LogP contribution in [-0.2, 0) is 14.3 Å². The highest BCUT2D eigenvalue weighted by Crippen LogP contribution is 2.19. The van der Waals surface area contributed by atoms with E-state index in [1.165, 1.54) is 315 Å². The van der Waals surface area contributed by atoms with E-state index in [0.29, 0.717) is 19.4 Å². The lowest BCUT2D eigenvalue weighted by Crippen LogP contribution is -2.45. The summed E-state index contributed by atoms with van der Waals surface area (Å²) in [7, 11) is 0. The van der Waals surface area contributed by atoms with Crippen LogP contribution in [0.4, 0.5) is 0 Å². The number of amides is 1. The standard InChI is InChI=1S/C70H135NO5/c1-3-5-7-9-11-13-15-17-19-21-22-23-24-25-28-31-34-38-42-46-50-54-58-62-68(73)67(66-72)71-69(74)63-59-55-51-47-43-39-35-32-29-26-27-30-33-37-41-45-49-53-57-61-65-76-70(75)64-60-56-52-48-44-40-36-20-18-16-14-12-10-8-6-4-2/h20,36,58,62,67-68,72-73H,3-19,21-35,37-57,59-61,63-66H2,1-2H3,(H,71,74)/b36-20-,62-58+. The molecule has 2 atom stereocenters. The van der Waals surface area contributed by atoms with E-state index in [1.54, 1.807) is 6.08 Å². The Balaban J connectivity index is 3.42. The summed E-state index contributed by atoms with van der Waals surface area (Å²) in [6.07, 6.45) is 82.4. The highest BCUT2D eigenvalue weighted by molar-refractivity contribution is 5.76. The van der Waals surface area contributed by atoms with Gasteiger partial charge in [0, 0.05) is 12.8 Å². The molecule has 0 aliphatic heterocycles. The minimum absolute atomic E-state index is 0.00348. The van der Waals surface area contributed by atoms with E-state index in [1.807, 2.05) is 6.08 Å². The van der Waals surface area contributed by atoms with Crippen LogP contribution in [0.3, 0.4) is 0 Å². The molecule has 3 N–H and O–H groups in total.